The Bertz CT molecular complexity index is 410. The molecule has 4 nitrogen and oxygen atoms in total. The minimum Gasteiger partial charge on any atom is -0.462 e. The average Bonchev–Trinajstić information content (AvgIpc) is 2.28. The van der Waals surface area contributed by atoms with Gasteiger partial charge in [-0.1, -0.05) is 6.07 Å². The monoisotopic (exact) mass is 251 g/mol. The summed E-state index contributed by atoms with van der Waals surface area (Å²) in [5.41, 5.74) is 0.458. The summed E-state index contributed by atoms with van der Waals surface area (Å²) < 4.78 is 4.94. The fourth-order valence-corrected chi connectivity index (χ4v) is 1.38. The standard InChI is InChI=1S/C14H21NO3/c1-5-18-13(16)11-7-6-8-12(9-11)15-10(2)14(3,4)17/h6-10,15,17H,5H2,1-4H3. The van der Waals surface area contributed by atoms with E-state index in [9.17, 15) is 9.90 Å². The number of benzene rings is 1. The van der Waals surface area contributed by atoms with E-state index in [2.05, 4.69) is 5.32 Å². The van der Waals surface area contributed by atoms with Gasteiger partial charge in [0.15, 0.2) is 0 Å². The molecule has 0 heterocycles. The van der Waals surface area contributed by atoms with Crippen molar-refractivity contribution in [2.45, 2.75) is 39.3 Å². The molecule has 1 aromatic carbocycles. The first-order valence-electron chi connectivity index (χ1n) is 6.10. The van der Waals surface area contributed by atoms with Crippen LogP contribution in [0, 0.1) is 0 Å². The van der Waals surface area contributed by atoms with Crippen molar-refractivity contribution in [2.75, 3.05) is 11.9 Å². The summed E-state index contributed by atoms with van der Waals surface area (Å²) in [6.07, 6.45) is 0. The first-order valence-corrected chi connectivity index (χ1v) is 6.10. The fraction of sp³-hybridized carbons (Fsp3) is 0.500. The van der Waals surface area contributed by atoms with Gasteiger partial charge in [-0.15, -0.1) is 0 Å². The highest BCUT2D eigenvalue weighted by Gasteiger charge is 2.22. The van der Waals surface area contributed by atoms with E-state index < -0.39 is 5.60 Å². The maximum absolute atomic E-state index is 11.6. The van der Waals surface area contributed by atoms with Crippen molar-refractivity contribution >= 4 is 11.7 Å². The van der Waals surface area contributed by atoms with Crippen LogP contribution in [0.5, 0.6) is 0 Å². The average molecular weight is 251 g/mol. The van der Waals surface area contributed by atoms with Crippen molar-refractivity contribution in [3.8, 4) is 0 Å². The maximum Gasteiger partial charge on any atom is 0.338 e. The van der Waals surface area contributed by atoms with E-state index in [0.29, 0.717) is 12.2 Å². The van der Waals surface area contributed by atoms with Crippen molar-refractivity contribution in [3.05, 3.63) is 29.8 Å². The molecule has 1 aromatic rings. The van der Waals surface area contributed by atoms with Crippen LogP contribution in [-0.2, 0) is 4.74 Å². The Kier molecular flexibility index (Phi) is 4.73. The fourth-order valence-electron chi connectivity index (χ4n) is 1.38. The van der Waals surface area contributed by atoms with Gasteiger partial charge in [0.2, 0.25) is 0 Å². The third kappa shape index (κ3) is 4.04. The molecule has 0 bridgehead atoms. The Labute approximate surface area is 108 Å². The highest BCUT2D eigenvalue weighted by atomic mass is 16.5. The molecule has 0 aliphatic heterocycles. The Hall–Kier alpha value is -1.55. The van der Waals surface area contributed by atoms with Gasteiger partial charge < -0.3 is 15.2 Å². The zero-order valence-electron chi connectivity index (χ0n) is 11.4. The molecule has 1 rings (SSSR count). The second-order valence-electron chi connectivity index (χ2n) is 4.82. The lowest BCUT2D eigenvalue weighted by Crippen LogP contribution is -2.39. The topological polar surface area (TPSA) is 58.6 Å². The molecule has 18 heavy (non-hydrogen) atoms. The molecule has 2 N–H and O–H groups in total. The van der Waals surface area contributed by atoms with E-state index in [4.69, 9.17) is 4.74 Å². The van der Waals surface area contributed by atoms with E-state index in [0.717, 1.165) is 5.69 Å². The molecule has 1 atom stereocenters. The number of hydrogen-bond donors (Lipinski definition) is 2. The van der Waals surface area contributed by atoms with Crippen LogP contribution in [-0.4, -0.2) is 29.3 Å². The highest BCUT2D eigenvalue weighted by molar-refractivity contribution is 5.90. The van der Waals surface area contributed by atoms with Crippen LogP contribution < -0.4 is 5.32 Å². The number of esters is 1. The molecule has 0 saturated carbocycles. The van der Waals surface area contributed by atoms with Gasteiger partial charge in [0.1, 0.15) is 0 Å². The summed E-state index contributed by atoms with van der Waals surface area (Å²) in [5.74, 6) is -0.336. The van der Waals surface area contributed by atoms with Gasteiger partial charge in [-0.25, -0.2) is 4.79 Å². The Morgan fingerprint density at radius 2 is 2.17 bits per heavy atom. The lowest BCUT2D eigenvalue weighted by Gasteiger charge is -2.27. The lowest BCUT2D eigenvalue weighted by molar-refractivity contribution is 0.0526. The molecular formula is C14H21NO3. The van der Waals surface area contributed by atoms with Gasteiger partial charge in [0, 0.05) is 5.69 Å². The van der Waals surface area contributed by atoms with Crippen LogP contribution in [0.15, 0.2) is 24.3 Å². The molecule has 0 fully saturated rings. The quantitative estimate of drug-likeness (QED) is 0.789. The molecule has 0 aliphatic carbocycles. The summed E-state index contributed by atoms with van der Waals surface area (Å²) >= 11 is 0. The smallest absolute Gasteiger partial charge is 0.338 e. The molecular weight excluding hydrogens is 230 g/mol. The van der Waals surface area contributed by atoms with Gasteiger partial charge in [-0.2, -0.15) is 0 Å². The number of anilines is 1. The molecule has 100 valence electrons. The predicted molar refractivity (Wildman–Crippen MR) is 71.8 cm³/mol. The minimum absolute atomic E-state index is 0.130. The van der Waals surface area contributed by atoms with Gasteiger partial charge in [0.25, 0.3) is 0 Å². The normalized spacial score (nSPS) is 12.9. The highest BCUT2D eigenvalue weighted by Crippen LogP contribution is 2.17. The van der Waals surface area contributed by atoms with E-state index in [1.807, 2.05) is 13.0 Å². The SMILES string of the molecule is CCOC(=O)c1cccc(NC(C)C(C)(C)O)c1. The van der Waals surface area contributed by atoms with Crippen molar-refractivity contribution in [1.29, 1.82) is 0 Å². The molecule has 0 aliphatic rings. The van der Waals surface area contributed by atoms with Gasteiger partial charge in [-0.05, 0) is 45.9 Å². The predicted octanol–water partition coefficient (Wildman–Crippen LogP) is 2.43. The van der Waals surface area contributed by atoms with Crippen LogP contribution in [0.3, 0.4) is 0 Å². The molecule has 1 unspecified atom stereocenters. The van der Waals surface area contributed by atoms with Crippen molar-refractivity contribution in [2.24, 2.45) is 0 Å². The van der Waals surface area contributed by atoms with E-state index in [1.54, 1.807) is 39.0 Å². The third-order valence-corrected chi connectivity index (χ3v) is 2.82. The summed E-state index contributed by atoms with van der Waals surface area (Å²) in [6.45, 7) is 7.49. The number of carbonyl (C=O) groups excluding carboxylic acids is 1. The van der Waals surface area contributed by atoms with Gasteiger partial charge in [0.05, 0.1) is 23.8 Å². The van der Waals surface area contributed by atoms with E-state index >= 15 is 0 Å². The number of ether oxygens (including phenoxy) is 1. The number of hydrogen-bond acceptors (Lipinski definition) is 4. The molecule has 4 heteroatoms. The van der Waals surface area contributed by atoms with Gasteiger partial charge in [-0.3, -0.25) is 0 Å². The first kappa shape index (κ1) is 14.5. The summed E-state index contributed by atoms with van der Waals surface area (Å²) in [6, 6.07) is 6.93. The number of nitrogens with one attached hydrogen (secondary N) is 1. The maximum atomic E-state index is 11.6. The molecule has 0 spiro atoms. The van der Waals surface area contributed by atoms with Crippen LogP contribution >= 0.6 is 0 Å². The molecule has 0 radical (unpaired) electrons. The lowest BCUT2D eigenvalue weighted by atomic mass is 10.0. The molecule has 0 saturated heterocycles. The second-order valence-corrected chi connectivity index (χ2v) is 4.82. The molecule has 0 amide bonds. The summed E-state index contributed by atoms with van der Waals surface area (Å²) in [7, 11) is 0. The van der Waals surface area contributed by atoms with Crippen LogP contribution in [0.2, 0.25) is 0 Å². The Morgan fingerprint density at radius 3 is 2.72 bits per heavy atom. The Morgan fingerprint density at radius 1 is 1.50 bits per heavy atom. The Balaban J connectivity index is 2.80. The third-order valence-electron chi connectivity index (χ3n) is 2.82. The van der Waals surface area contributed by atoms with Crippen LogP contribution in [0.4, 0.5) is 5.69 Å². The number of carbonyl (C=O) groups is 1. The molecule has 0 aromatic heterocycles. The largest absolute Gasteiger partial charge is 0.462 e. The van der Waals surface area contributed by atoms with Crippen LogP contribution in [0.25, 0.3) is 0 Å². The van der Waals surface area contributed by atoms with E-state index in [-0.39, 0.29) is 12.0 Å². The van der Waals surface area contributed by atoms with Crippen molar-refractivity contribution < 1.29 is 14.6 Å². The van der Waals surface area contributed by atoms with Crippen LogP contribution in [0.1, 0.15) is 38.1 Å². The van der Waals surface area contributed by atoms with Crippen molar-refractivity contribution in [3.63, 3.8) is 0 Å². The van der Waals surface area contributed by atoms with E-state index in [1.165, 1.54) is 0 Å². The second kappa shape index (κ2) is 5.87. The van der Waals surface area contributed by atoms with Gasteiger partial charge >= 0.3 is 5.97 Å². The first-order chi connectivity index (χ1) is 8.34. The zero-order valence-corrected chi connectivity index (χ0v) is 11.4. The zero-order chi connectivity index (χ0) is 13.8. The number of rotatable bonds is 5. The van der Waals surface area contributed by atoms with Crippen molar-refractivity contribution in [1.82, 2.24) is 0 Å². The minimum atomic E-state index is -0.833. The number of aliphatic hydroxyl groups is 1. The summed E-state index contributed by atoms with van der Waals surface area (Å²) in [4.78, 5) is 11.6. The summed E-state index contributed by atoms with van der Waals surface area (Å²) in [5, 5.41) is 13.0.